The van der Waals surface area contributed by atoms with E-state index >= 15 is 0 Å². The maximum Gasteiger partial charge on any atom is 0.416 e. The maximum atomic E-state index is 12.5. The highest BCUT2D eigenvalue weighted by Crippen LogP contribution is 2.29. The minimum Gasteiger partial charge on any atom is -0.462 e. The van der Waals surface area contributed by atoms with Gasteiger partial charge in [-0.3, -0.25) is 4.79 Å². The van der Waals surface area contributed by atoms with E-state index in [1.54, 1.807) is 31.2 Å². The summed E-state index contributed by atoms with van der Waals surface area (Å²) in [6.45, 7) is 2.35. The molecule has 2 aromatic carbocycles. The van der Waals surface area contributed by atoms with Crippen LogP contribution in [0.5, 0.6) is 0 Å². The normalized spacial score (nSPS) is 11.1. The molecule has 26 heavy (non-hydrogen) atoms. The summed E-state index contributed by atoms with van der Waals surface area (Å²) >= 11 is 0. The number of ether oxygens (including phenoxy) is 1. The van der Waals surface area contributed by atoms with Crippen molar-refractivity contribution in [2.45, 2.75) is 19.5 Å². The molecule has 0 aromatic heterocycles. The van der Waals surface area contributed by atoms with Crippen LogP contribution in [-0.2, 0) is 17.3 Å². The van der Waals surface area contributed by atoms with E-state index in [1.165, 1.54) is 0 Å². The number of esters is 1. The highest BCUT2D eigenvalue weighted by molar-refractivity contribution is 5.94. The lowest BCUT2D eigenvalue weighted by Gasteiger charge is -2.09. The van der Waals surface area contributed by atoms with Crippen molar-refractivity contribution >= 4 is 11.9 Å². The summed E-state index contributed by atoms with van der Waals surface area (Å²) in [5.41, 5.74) is 0.724. The summed E-state index contributed by atoms with van der Waals surface area (Å²) in [7, 11) is 0. The SMILES string of the molecule is CCOC(=O)c1ccc(CCNC(=O)c2ccc(C(F)(F)F)cc2)cc1. The second-order valence-electron chi connectivity index (χ2n) is 5.50. The Labute approximate surface area is 149 Å². The third-order valence-electron chi connectivity index (χ3n) is 3.64. The minimum atomic E-state index is -4.43. The number of hydrogen-bond acceptors (Lipinski definition) is 3. The zero-order chi connectivity index (χ0) is 19.2. The molecule has 0 heterocycles. The van der Waals surface area contributed by atoms with Gasteiger partial charge in [-0.2, -0.15) is 13.2 Å². The van der Waals surface area contributed by atoms with Crippen molar-refractivity contribution < 1.29 is 27.5 Å². The molecule has 0 saturated heterocycles. The van der Waals surface area contributed by atoms with Crippen LogP contribution in [0.4, 0.5) is 13.2 Å². The Morgan fingerprint density at radius 3 is 2.08 bits per heavy atom. The van der Waals surface area contributed by atoms with Gasteiger partial charge in [-0.1, -0.05) is 12.1 Å². The molecule has 2 aromatic rings. The summed E-state index contributed by atoms with van der Waals surface area (Å²) in [6, 6.07) is 10.9. The molecule has 0 aliphatic rings. The first kappa shape index (κ1) is 19.5. The summed E-state index contributed by atoms with van der Waals surface area (Å²) in [5, 5.41) is 2.65. The van der Waals surface area contributed by atoms with E-state index in [-0.39, 0.29) is 5.56 Å². The number of alkyl halides is 3. The lowest BCUT2D eigenvalue weighted by molar-refractivity contribution is -0.137. The van der Waals surface area contributed by atoms with Crippen molar-refractivity contribution in [1.82, 2.24) is 5.32 Å². The first-order chi connectivity index (χ1) is 12.3. The van der Waals surface area contributed by atoms with Crippen molar-refractivity contribution in [2.24, 2.45) is 0 Å². The van der Waals surface area contributed by atoms with Crippen LogP contribution in [-0.4, -0.2) is 25.0 Å². The monoisotopic (exact) mass is 365 g/mol. The largest absolute Gasteiger partial charge is 0.462 e. The van der Waals surface area contributed by atoms with Gasteiger partial charge in [-0.15, -0.1) is 0 Å². The van der Waals surface area contributed by atoms with Crippen LogP contribution in [0.3, 0.4) is 0 Å². The highest BCUT2D eigenvalue weighted by atomic mass is 19.4. The van der Waals surface area contributed by atoms with E-state index in [2.05, 4.69) is 5.32 Å². The first-order valence-electron chi connectivity index (χ1n) is 8.02. The average molecular weight is 365 g/mol. The van der Waals surface area contributed by atoms with Crippen molar-refractivity contribution in [3.8, 4) is 0 Å². The van der Waals surface area contributed by atoms with Gasteiger partial charge in [-0.05, 0) is 55.3 Å². The molecule has 0 fully saturated rings. The van der Waals surface area contributed by atoms with Gasteiger partial charge in [0.25, 0.3) is 5.91 Å². The molecule has 0 unspecified atom stereocenters. The van der Waals surface area contributed by atoms with Gasteiger partial charge in [0.1, 0.15) is 0 Å². The molecule has 0 aliphatic heterocycles. The Kier molecular flexibility index (Phi) is 6.38. The maximum absolute atomic E-state index is 12.5. The zero-order valence-corrected chi connectivity index (χ0v) is 14.1. The number of carbonyl (C=O) groups is 2. The average Bonchev–Trinajstić information content (AvgIpc) is 2.62. The van der Waals surface area contributed by atoms with Crippen LogP contribution in [0.25, 0.3) is 0 Å². The number of carbonyl (C=O) groups excluding carboxylic acids is 2. The standard InChI is InChI=1S/C19H18F3NO3/c1-2-26-18(25)15-5-3-13(4-6-15)11-12-23-17(24)14-7-9-16(10-8-14)19(20,21)22/h3-10H,2,11-12H2,1H3,(H,23,24). The van der Waals surface area contributed by atoms with Crippen molar-refractivity contribution in [1.29, 1.82) is 0 Å². The number of nitrogens with one attached hydrogen (secondary N) is 1. The fourth-order valence-corrected chi connectivity index (χ4v) is 2.25. The van der Waals surface area contributed by atoms with Crippen LogP contribution < -0.4 is 5.32 Å². The third kappa shape index (κ3) is 5.34. The fourth-order valence-electron chi connectivity index (χ4n) is 2.25. The predicted molar refractivity (Wildman–Crippen MR) is 89.9 cm³/mol. The Balaban J connectivity index is 1.85. The van der Waals surface area contributed by atoms with Gasteiger partial charge >= 0.3 is 12.1 Å². The van der Waals surface area contributed by atoms with E-state index in [1.807, 2.05) is 0 Å². The second kappa shape index (κ2) is 8.51. The predicted octanol–water partition coefficient (Wildman–Crippen LogP) is 3.85. The van der Waals surface area contributed by atoms with Gasteiger partial charge in [-0.25, -0.2) is 4.79 Å². The van der Waals surface area contributed by atoms with Crippen LogP contribution in [0.2, 0.25) is 0 Å². The smallest absolute Gasteiger partial charge is 0.416 e. The van der Waals surface area contributed by atoms with E-state index in [0.717, 1.165) is 29.8 Å². The fraction of sp³-hybridized carbons (Fsp3) is 0.263. The van der Waals surface area contributed by atoms with Crippen molar-refractivity contribution in [3.05, 3.63) is 70.8 Å². The van der Waals surface area contributed by atoms with E-state index in [9.17, 15) is 22.8 Å². The van der Waals surface area contributed by atoms with Gasteiger partial charge in [0.2, 0.25) is 0 Å². The Morgan fingerprint density at radius 2 is 1.54 bits per heavy atom. The quantitative estimate of drug-likeness (QED) is 0.791. The molecule has 1 amide bonds. The summed E-state index contributed by atoms with van der Waals surface area (Å²) in [4.78, 5) is 23.5. The summed E-state index contributed by atoms with van der Waals surface area (Å²) < 4.78 is 42.4. The molecule has 0 spiro atoms. The number of benzene rings is 2. The molecular weight excluding hydrogens is 347 g/mol. The van der Waals surface area contributed by atoms with E-state index < -0.39 is 23.6 Å². The molecule has 2 rings (SSSR count). The van der Waals surface area contributed by atoms with Gasteiger partial charge in [0.05, 0.1) is 17.7 Å². The second-order valence-corrected chi connectivity index (χ2v) is 5.50. The van der Waals surface area contributed by atoms with Crippen LogP contribution in [0, 0.1) is 0 Å². The third-order valence-corrected chi connectivity index (χ3v) is 3.64. The number of amides is 1. The molecule has 138 valence electrons. The van der Waals surface area contributed by atoms with E-state index in [4.69, 9.17) is 4.74 Å². The topological polar surface area (TPSA) is 55.4 Å². The number of rotatable bonds is 6. The Bertz CT molecular complexity index is 753. The Morgan fingerprint density at radius 1 is 0.962 bits per heavy atom. The number of hydrogen-bond donors (Lipinski definition) is 1. The molecule has 0 bridgehead atoms. The summed E-state index contributed by atoms with van der Waals surface area (Å²) in [6.07, 6.45) is -3.90. The van der Waals surface area contributed by atoms with Crippen molar-refractivity contribution in [3.63, 3.8) is 0 Å². The summed E-state index contributed by atoms with van der Waals surface area (Å²) in [5.74, 6) is -0.837. The van der Waals surface area contributed by atoms with Gasteiger partial charge in [0.15, 0.2) is 0 Å². The van der Waals surface area contributed by atoms with Crippen LogP contribution in [0.1, 0.15) is 38.8 Å². The zero-order valence-electron chi connectivity index (χ0n) is 14.1. The molecule has 0 aliphatic carbocycles. The molecule has 7 heteroatoms. The molecule has 4 nitrogen and oxygen atoms in total. The van der Waals surface area contributed by atoms with Crippen LogP contribution in [0.15, 0.2) is 48.5 Å². The Hall–Kier alpha value is -2.83. The van der Waals surface area contributed by atoms with Gasteiger partial charge in [0, 0.05) is 12.1 Å². The molecule has 0 radical (unpaired) electrons. The molecule has 0 atom stereocenters. The minimum absolute atomic E-state index is 0.163. The van der Waals surface area contributed by atoms with Gasteiger partial charge < -0.3 is 10.1 Å². The lowest BCUT2D eigenvalue weighted by Crippen LogP contribution is -2.25. The van der Waals surface area contributed by atoms with E-state index in [0.29, 0.717) is 25.1 Å². The van der Waals surface area contributed by atoms with Crippen molar-refractivity contribution in [2.75, 3.05) is 13.2 Å². The number of halogens is 3. The molecular formula is C19H18F3NO3. The molecule has 0 saturated carbocycles. The highest BCUT2D eigenvalue weighted by Gasteiger charge is 2.30. The van der Waals surface area contributed by atoms with Crippen LogP contribution >= 0.6 is 0 Å². The lowest BCUT2D eigenvalue weighted by atomic mass is 10.1. The molecule has 1 N–H and O–H groups in total. The first-order valence-corrected chi connectivity index (χ1v) is 8.02.